The Labute approximate surface area is 140 Å². The number of aromatic nitrogens is 3. The number of hydrogen-bond acceptors (Lipinski definition) is 4. The first-order valence-corrected chi connectivity index (χ1v) is 7.50. The average molecular weight is 347 g/mol. The minimum absolute atomic E-state index is 0.0290. The van der Waals surface area contributed by atoms with Crippen molar-refractivity contribution in [2.75, 3.05) is 5.32 Å². The van der Waals surface area contributed by atoms with E-state index in [1.807, 2.05) is 0 Å². The lowest BCUT2D eigenvalue weighted by Gasteiger charge is -2.07. The number of nitrogens with zero attached hydrogens (tertiary/aromatic N) is 3. The molecule has 0 saturated carbocycles. The number of hydrogen-bond donors (Lipinski definition) is 1. The van der Waals surface area contributed by atoms with E-state index < -0.39 is 11.7 Å². The summed E-state index contributed by atoms with van der Waals surface area (Å²) in [7, 11) is 0. The van der Waals surface area contributed by atoms with Gasteiger partial charge in [0.2, 0.25) is 5.91 Å². The molecule has 1 heterocycles. The maximum atomic E-state index is 13.6. The molecule has 1 aromatic heterocycles. The third kappa shape index (κ3) is 3.41. The van der Waals surface area contributed by atoms with Gasteiger partial charge in [0, 0.05) is 11.4 Å². The van der Waals surface area contributed by atoms with Gasteiger partial charge in [-0.3, -0.25) is 9.59 Å². The number of benzene rings is 2. The van der Waals surface area contributed by atoms with Crippen LogP contribution in [0.2, 0.25) is 5.02 Å². The van der Waals surface area contributed by atoms with Crippen molar-refractivity contribution in [3.05, 3.63) is 63.7 Å². The lowest BCUT2D eigenvalue weighted by Crippen LogP contribution is -2.26. The van der Waals surface area contributed by atoms with E-state index in [0.29, 0.717) is 10.9 Å². The zero-order chi connectivity index (χ0) is 17.1. The molecular weight excluding hydrogens is 335 g/mol. The third-order valence-electron chi connectivity index (χ3n) is 3.39. The molecule has 0 unspecified atom stereocenters. The second kappa shape index (κ2) is 6.76. The summed E-state index contributed by atoms with van der Waals surface area (Å²) in [6.45, 7) is 0.0394. The number of nitrogens with one attached hydrogen (secondary N) is 1. The molecule has 122 valence electrons. The van der Waals surface area contributed by atoms with E-state index >= 15 is 0 Å². The van der Waals surface area contributed by atoms with Crippen molar-refractivity contribution in [3.8, 4) is 0 Å². The molecule has 0 aliphatic rings. The molecule has 0 spiro atoms. The van der Waals surface area contributed by atoms with E-state index in [4.69, 9.17) is 11.6 Å². The van der Waals surface area contributed by atoms with Crippen LogP contribution in [0.5, 0.6) is 0 Å². The zero-order valence-corrected chi connectivity index (χ0v) is 13.1. The molecule has 0 saturated heterocycles. The Hall–Kier alpha value is -2.80. The number of carbonyl (C=O) groups is 1. The van der Waals surface area contributed by atoms with Crippen LogP contribution in [-0.4, -0.2) is 20.9 Å². The summed E-state index contributed by atoms with van der Waals surface area (Å²) in [5.74, 6) is -1.07. The molecule has 1 N–H and O–H groups in total. The van der Waals surface area contributed by atoms with E-state index in [2.05, 4.69) is 15.6 Å². The van der Waals surface area contributed by atoms with Crippen LogP contribution in [0.15, 0.2) is 47.3 Å². The van der Waals surface area contributed by atoms with Crippen molar-refractivity contribution in [1.29, 1.82) is 0 Å². The predicted molar refractivity (Wildman–Crippen MR) is 88.5 cm³/mol. The van der Waals surface area contributed by atoms with Gasteiger partial charge < -0.3 is 5.32 Å². The largest absolute Gasteiger partial charge is 0.324 e. The van der Waals surface area contributed by atoms with Crippen LogP contribution in [0, 0.1) is 5.82 Å². The van der Waals surface area contributed by atoms with Gasteiger partial charge >= 0.3 is 0 Å². The highest BCUT2D eigenvalue weighted by atomic mass is 35.5. The summed E-state index contributed by atoms with van der Waals surface area (Å²) in [5.41, 5.74) is 0.193. The molecule has 2 aromatic carbocycles. The number of aryl methyl sites for hydroxylation is 1. The highest BCUT2D eigenvalue weighted by Gasteiger charge is 2.10. The Morgan fingerprint density at radius 3 is 2.83 bits per heavy atom. The summed E-state index contributed by atoms with van der Waals surface area (Å²) in [6.07, 6.45) is -0.0466. The highest BCUT2D eigenvalue weighted by Crippen LogP contribution is 2.18. The van der Waals surface area contributed by atoms with Crippen LogP contribution in [0.4, 0.5) is 10.1 Å². The lowest BCUT2D eigenvalue weighted by molar-refractivity contribution is -0.116. The second-order valence-corrected chi connectivity index (χ2v) is 5.49. The number of carbonyl (C=O) groups excluding carboxylic acids is 1. The van der Waals surface area contributed by atoms with Gasteiger partial charge in [0.15, 0.2) is 0 Å². The topological polar surface area (TPSA) is 76.9 Å². The first-order chi connectivity index (χ1) is 11.5. The molecule has 0 bridgehead atoms. The predicted octanol–water partition coefficient (Wildman–Crippen LogP) is 2.61. The second-order valence-electron chi connectivity index (χ2n) is 5.06. The zero-order valence-electron chi connectivity index (χ0n) is 12.4. The number of halogens is 2. The van der Waals surface area contributed by atoms with Crippen LogP contribution >= 0.6 is 11.6 Å². The number of anilines is 1. The molecule has 24 heavy (non-hydrogen) atoms. The van der Waals surface area contributed by atoms with Gasteiger partial charge in [-0.05, 0) is 30.3 Å². The SMILES string of the molecule is O=C(CCn1nnc2ccccc2c1=O)Nc1ccc(Cl)cc1F. The van der Waals surface area contributed by atoms with Crippen molar-refractivity contribution in [2.45, 2.75) is 13.0 Å². The summed E-state index contributed by atoms with van der Waals surface area (Å²) >= 11 is 5.65. The molecule has 0 atom stereocenters. The van der Waals surface area contributed by atoms with Crippen LogP contribution in [0.25, 0.3) is 10.9 Å². The maximum absolute atomic E-state index is 13.6. The van der Waals surface area contributed by atoms with Crippen molar-refractivity contribution in [2.24, 2.45) is 0 Å². The van der Waals surface area contributed by atoms with E-state index in [1.165, 1.54) is 12.1 Å². The smallest absolute Gasteiger partial charge is 0.277 e. The quantitative estimate of drug-likeness (QED) is 0.787. The monoisotopic (exact) mass is 346 g/mol. The number of rotatable bonds is 4. The van der Waals surface area contributed by atoms with Crippen molar-refractivity contribution in [3.63, 3.8) is 0 Å². The molecular formula is C16H12ClFN4O2. The van der Waals surface area contributed by atoms with Crippen molar-refractivity contribution < 1.29 is 9.18 Å². The van der Waals surface area contributed by atoms with E-state index in [1.54, 1.807) is 24.3 Å². The van der Waals surface area contributed by atoms with Crippen LogP contribution < -0.4 is 10.9 Å². The maximum Gasteiger partial charge on any atom is 0.277 e. The Bertz CT molecular complexity index is 974. The van der Waals surface area contributed by atoms with Gasteiger partial charge in [-0.1, -0.05) is 28.9 Å². The van der Waals surface area contributed by atoms with Crippen molar-refractivity contribution in [1.82, 2.24) is 15.0 Å². The molecule has 0 aliphatic heterocycles. The van der Waals surface area contributed by atoms with Crippen LogP contribution in [-0.2, 0) is 11.3 Å². The Morgan fingerprint density at radius 2 is 2.04 bits per heavy atom. The van der Waals surface area contributed by atoms with Gasteiger partial charge in [0.05, 0.1) is 17.6 Å². The van der Waals surface area contributed by atoms with Gasteiger partial charge in [0.1, 0.15) is 11.3 Å². The fourth-order valence-electron chi connectivity index (χ4n) is 2.18. The molecule has 0 aliphatic carbocycles. The van der Waals surface area contributed by atoms with E-state index in [9.17, 15) is 14.0 Å². The minimum atomic E-state index is -0.626. The summed E-state index contributed by atoms with van der Waals surface area (Å²) in [5, 5.41) is 10.8. The minimum Gasteiger partial charge on any atom is -0.324 e. The van der Waals surface area contributed by atoms with Gasteiger partial charge in [0.25, 0.3) is 5.56 Å². The summed E-state index contributed by atoms with van der Waals surface area (Å²) in [4.78, 5) is 24.2. The van der Waals surface area contributed by atoms with Gasteiger partial charge in [-0.15, -0.1) is 5.10 Å². The molecule has 0 radical (unpaired) electrons. The van der Waals surface area contributed by atoms with E-state index in [-0.39, 0.29) is 29.2 Å². The van der Waals surface area contributed by atoms with Gasteiger partial charge in [-0.2, -0.15) is 0 Å². The molecule has 6 nitrogen and oxygen atoms in total. The van der Waals surface area contributed by atoms with Gasteiger partial charge in [-0.25, -0.2) is 9.07 Å². The Morgan fingerprint density at radius 1 is 1.25 bits per heavy atom. The Kier molecular flexibility index (Phi) is 4.52. The third-order valence-corrected chi connectivity index (χ3v) is 3.62. The molecule has 0 fully saturated rings. The molecule has 8 heteroatoms. The molecule has 3 rings (SSSR count). The lowest BCUT2D eigenvalue weighted by atomic mass is 10.2. The fraction of sp³-hybridized carbons (Fsp3) is 0.125. The van der Waals surface area contributed by atoms with Crippen molar-refractivity contribution >= 4 is 34.1 Å². The summed E-state index contributed by atoms with van der Waals surface area (Å²) in [6, 6.07) is 10.8. The first kappa shape index (κ1) is 16.1. The van der Waals surface area contributed by atoms with E-state index in [0.717, 1.165) is 10.7 Å². The number of fused-ring (bicyclic) bond motifs is 1. The first-order valence-electron chi connectivity index (χ1n) is 7.12. The standard InChI is InChI=1S/C16H12ClFN4O2/c17-10-5-6-14(12(18)9-10)19-15(23)7-8-22-16(24)11-3-1-2-4-13(11)20-21-22/h1-6,9H,7-8H2,(H,19,23). The normalized spacial score (nSPS) is 10.8. The Balaban J connectivity index is 1.70. The highest BCUT2D eigenvalue weighted by molar-refractivity contribution is 6.30. The van der Waals surface area contributed by atoms with Crippen LogP contribution in [0.3, 0.4) is 0 Å². The number of amides is 1. The van der Waals surface area contributed by atoms with Crippen LogP contribution in [0.1, 0.15) is 6.42 Å². The average Bonchev–Trinajstić information content (AvgIpc) is 2.57. The fourth-order valence-corrected chi connectivity index (χ4v) is 2.34. The molecule has 3 aromatic rings. The summed E-state index contributed by atoms with van der Waals surface area (Å²) < 4.78 is 14.7. The molecule has 1 amide bonds.